The number of ether oxygens (including phenoxy) is 10. The topological polar surface area (TPSA) is 133 Å². The third-order valence-electron chi connectivity index (χ3n) is 9.94. The number of hydrogen-bond acceptors (Lipinski definition) is 12. The fourth-order valence-electron chi connectivity index (χ4n) is 6.89. The molecule has 0 fully saturated rings. The summed E-state index contributed by atoms with van der Waals surface area (Å²) in [5, 5.41) is 24.3. The SMILES string of the molecule is COc1cc(Br)c(C(O)c2cc(OC)c(OC)cc2Cc2cc(OC)c(OC)cc2Cc2cc(OC)c(OC)cc2C(O)c2cc(OC)c(OC)cc2Br)cc1OC. The maximum absolute atomic E-state index is 12.1. The molecular formula is C44H48Br2O12. The van der Waals surface area contributed by atoms with Gasteiger partial charge < -0.3 is 57.6 Å². The van der Waals surface area contributed by atoms with Gasteiger partial charge in [-0.05, 0) is 107 Å². The average molecular weight is 929 g/mol. The van der Waals surface area contributed by atoms with Gasteiger partial charge in [0.25, 0.3) is 0 Å². The molecule has 0 amide bonds. The molecule has 0 aliphatic rings. The average Bonchev–Trinajstić information content (AvgIpc) is 3.25. The Kier molecular flexibility index (Phi) is 14.9. The van der Waals surface area contributed by atoms with E-state index < -0.39 is 12.2 Å². The zero-order valence-electron chi connectivity index (χ0n) is 34.1. The number of benzene rings is 5. The molecule has 310 valence electrons. The van der Waals surface area contributed by atoms with Crippen molar-refractivity contribution in [2.45, 2.75) is 25.0 Å². The first-order valence-electron chi connectivity index (χ1n) is 17.9. The van der Waals surface area contributed by atoms with Gasteiger partial charge in [0.2, 0.25) is 0 Å². The quantitative estimate of drug-likeness (QED) is 0.0872. The molecule has 0 spiro atoms. The van der Waals surface area contributed by atoms with Gasteiger partial charge in [0.1, 0.15) is 12.2 Å². The highest BCUT2D eigenvalue weighted by Crippen LogP contribution is 2.45. The zero-order chi connectivity index (χ0) is 42.3. The van der Waals surface area contributed by atoms with Crippen molar-refractivity contribution in [3.63, 3.8) is 0 Å². The number of aliphatic hydroxyl groups is 2. The molecule has 12 nitrogen and oxygen atoms in total. The van der Waals surface area contributed by atoms with E-state index in [0.29, 0.717) is 102 Å². The first-order valence-corrected chi connectivity index (χ1v) is 19.4. The van der Waals surface area contributed by atoms with Gasteiger partial charge in [-0.15, -0.1) is 0 Å². The summed E-state index contributed by atoms with van der Waals surface area (Å²) in [5.41, 5.74) is 5.37. The predicted molar refractivity (Wildman–Crippen MR) is 227 cm³/mol. The Morgan fingerprint density at radius 1 is 0.328 bits per heavy atom. The van der Waals surface area contributed by atoms with Gasteiger partial charge in [-0.2, -0.15) is 0 Å². The fraction of sp³-hybridized carbons (Fsp3) is 0.318. The van der Waals surface area contributed by atoms with Crippen LogP contribution < -0.4 is 47.4 Å². The molecule has 5 aromatic carbocycles. The van der Waals surface area contributed by atoms with Crippen LogP contribution in [0.1, 0.15) is 56.7 Å². The third kappa shape index (κ3) is 9.00. The Balaban J connectivity index is 1.71. The first-order chi connectivity index (χ1) is 27.9. The summed E-state index contributed by atoms with van der Waals surface area (Å²) in [6.45, 7) is 0. The highest BCUT2D eigenvalue weighted by atomic mass is 79.9. The zero-order valence-corrected chi connectivity index (χ0v) is 37.2. The van der Waals surface area contributed by atoms with E-state index in [1.807, 2.05) is 24.3 Å². The minimum atomic E-state index is -1.14. The van der Waals surface area contributed by atoms with E-state index in [-0.39, 0.29) is 0 Å². The monoisotopic (exact) mass is 926 g/mol. The van der Waals surface area contributed by atoms with Gasteiger partial charge in [0, 0.05) is 20.1 Å². The highest BCUT2D eigenvalue weighted by molar-refractivity contribution is 9.10. The van der Waals surface area contributed by atoms with Crippen LogP contribution in [-0.2, 0) is 12.8 Å². The van der Waals surface area contributed by atoms with E-state index in [0.717, 1.165) is 22.3 Å². The van der Waals surface area contributed by atoms with E-state index in [1.165, 1.54) is 14.2 Å². The molecule has 5 aromatic rings. The first kappa shape index (κ1) is 44.1. The Labute approximate surface area is 355 Å². The van der Waals surface area contributed by atoms with Gasteiger partial charge in [-0.25, -0.2) is 0 Å². The van der Waals surface area contributed by atoms with Crippen LogP contribution in [0.4, 0.5) is 0 Å². The lowest BCUT2D eigenvalue weighted by atomic mass is 9.87. The van der Waals surface area contributed by atoms with Crippen LogP contribution in [0.3, 0.4) is 0 Å². The molecular weight excluding hydrogens is 880 g/mol. The van der Waals surface area contributed by atoms with Crippen molar-refractivity contribution < 1.29 is 57.6 Å². The lowest BCUT2D eigenvalue weighted by Gasteiger charge is -2.24. The van der Waals surface area contributed by atoms with Crippen LogP contribution in [0.15, 0.2) is 69.6 Å². The summed E-state index contributed by atoms with van der Waals surface area (Å²) in [7, 11) is 15.5. The van der Waals surface area contributed by atoms with Crippen molar-refractivity contribution in [1.82, 2.24) is 0 Å². The molecule has 2 N–H and O–H groups in total. The van der Waals surface area contributed by atoms with Crippen molar-refractivity contribution in [1.29, 1.82) is 0 Å². The normalized spacial score (nSPS) is 12.0. The van der Waals surface area contributed by atoms with Crippen LogP contribution in [0.25, 0.3) is 0 Å². The van der Waals surface area contributed by atoms with Crippen molar-refractivity contribution in [3.8, 4) is 57.5 Å². The van der Waals surface area contributed by atoms with Gasteiger partial charge in [0.05, 0.1) is 71.1 Å². The lowest BCUT2D eigenvalue weighted by Crippen LogP contribution is -2.10. The second-order valence-electron chi connectivity index (χ2n) is 12.9. The summed E-state index contributed by atoms with van der Waals surface area (Å²) in [4.78, 5) is 0. The Bertz CT molecular complexity index is 2090. The molecule has 0 radical (unpaired) electrons. The van der Waals surface area contributed by atoms with E-state index in [1.54, 1.807) is 93.3 Å². The molecule has 0 aliphatic heterocycles. The highest BCUT2D eigenvalue weighted by Gasteiger charge is 2.27. The van der Waals surface area contributed by atoms with Gasteiger partial charge in [0.15, 0.2) is 57.5 Å². The standard InChI is InChI=1S/C44H48Br2O12/c1-49-33-13-23(11-25-15-35(51-3)37(53-5)17-27(25)43(47)29-19-39(55-7)41(57-9)21-31(29)45)24(14-34(33)50-2)12-26-16-36(52-4)38(54-6)18-28(26)44(48)30-20-40(56-8)42(58-10)22-32(30)46/h13-22,43-44,47-48H,11-12H2,1-10H3. The van der Waals surface area contributed by atoms with Crippen LogP contribution in [0.2, 0.25) is 0 Å². The van der Waals surface area contributed by atoms with Gasteiger partial charge in [-0.3, -0.25) is 0 Å². The van der Waals surface area contributed by atoms with Crippen molar-refractivity contribution >= 4 is 31.9 Å². The predicted octanol–water partition coefficient (Wildman–Crippen LogP) is 8.64. The lowest BCUT2D eigenvalue weighted by molar-refractivity contribution is 0.216. The maximum atomic E-state index is 12.1. The number of rotatable bonds is 18. The summed E-state index contributed by atoms with van der Waals surface area (Å²) < 4.78 is 57.9. The molecule has 0 saturated heterocycles. The van der Waals surface area contributed by atoms with E-state index in [9.17, 15) is 10.2 Å². The van der Waals surface area contributed by atoms with Crippen LogP contribution in [0, 0.1) is 0 Å². The molecule has 0 heterocycles. The molecule has 2 unspecified atom stereocenters. The van der Waals surface area contributed by atoms with E-state index in [4.69, 9.17) is 47.4 Å². The minimum Gasteiger partial charge on any atom is -0.493 e. The van der Waals surface area contributed by atoms with Crippen molar-refractivity contribution in [3.05, 3.63) is 114 Å². The Morgan fingerprint density at radius 2 is 0.534 bits per heavy atom. The van der Waals surface area contributed by atoms with E-state index >= 15 is 0 Å². The van der Waals surface area contributed by atoms with Crippen molar-refractivity contribution in [2.24, 2.45) is 0 Å². The van der Waals surface area contributed by atoms with Gasteiger partial charge in [-0.1, -0.05) is 31.9 Å². The maximum Gasteiger partial charge on any atom is 0.161 e. The summed E-state index contributed by atoms with van der Waals surface area (Å²) in [5.74, 6) is 4.78. The summed E-state index contributed by atoms with van der Waals surface area (Å²) in [6.07, 6.45) is -1.67. The second-order valence-corrected chi connectivity index (χ2v) is 14.6. The molecule has 5 rings (SSSR count). The number of aliphatic hydroxyl groups excluding tert-OH is 2. The minimum absolute atomic E-state index is 0.305. The fourth-order valence-corrected chi connectivity index (χ4v) is 7.96. The Morgan fingerprint density at radius 3 is 0.793 bits per heavy atom. The van der Waals surface area contributed by atoms with Crippen LogP contribution in [-0.4, -0.2) is 81.3 Å². The molecule has 0 aliphatic carbocycles. The Hall–Kier alpha value is -5.02. The second kappa shape index (κ2) is 19.6. The van der Waals surface area contributed by atoms with Crippen LogP contribution >= 0.6 is 31.9 Å². The largest absolute Gasteiger partial charge is 0.493 e. The number of halogens is 2. The molecule has 14 heteroatoms. The molecule has 2 atom stereocenters. The van der Waals surface area contributed by atoms with Crippen molar-refractivity contribution in [2.75, 3.05) is 71.1 Å². The third-order valence-corrected chi connectivity index (χ3v) is 11.3. The molecule has 58 heavy (non-hydrogen) atoms. The molecule has 0 saturated carbocycles. The summed E-state index contributed by atoms with van der Waals surface area (Å²) in [6, 6.07) is 18.0. The van der Waals surface area contributed by atoms with E-state index in [2.05, 4.69) is 31.9 Å². The van der Waals surface area contributed by atoms with Crippen LogP contribution in [0.5, 0.6) is 57.5 Å². The molecule has 0 aromatic heterocycles. The number of methoxy groups -OCH3 is 10. The molecule has 0 bridgehead atoms. The smallest absolute Gasteiger partial charge is 0.161 e. The number of hydrogen-bond donors (Lipinski definition) is 2. The summed E-state index contributed by atoms with van der Waals surface area (Å²) >= 11 is 7.25. The van der Waals surface area contributed by atoms with Gasteiger partial charge >= 0.3 is 0 Å².